The number of hydrogen-bond acceptors (Lipinski definition) is 3. The molecule has 2 rings (SSSR count). The van der Waals surface area contributed by atoms with E-state index in [1.165, 1.54) is 6.21 Å². The monoisotopic (exact) mass is 356 g/mol. The molecule has 7 heteroatoms. The van der Waals surface area contributed by atoms with Crippen LogP contribution in [0.1, 0.15) is 5.56 Å². The van der Waals surface area contributed by atoms with E-state index in [9.17, 15) is 4.79 Å². The molecule has 0 saturated heterocycles. The van der Waals surface area contributed by atoms with Crippen molar-refractivity contribution >= 4 is 46.9 Å². The predicted octanol–water partition coefficient (Wildman–Crippen LogP) is 4.18. The van der Waals surface area contributed by atoms with Crippen LogP contribution < -0.4 is 10.2 Å². The molecule has 0 atom stereocenters. The van der Waals surface area contributed by atoms with Gasteiger partial charge in [0.05, 0.1) is 21.3 Å². The van der Waals surface area contributed by atoms with Gasteiger partial charge in [0, 0.05) is 5.56 Å². The van der Waals surface area contributed by atoms with E-state index in [1.807, 2.05) is 0 Å². The Labute approximate surface area is 142 Å². The van der Waals surface area contributed by atoms with E-state index in [2.05, 4.69) is 10.5 Å². The Morgan fingerprint density at radius 2 is 1.68 bits per heavy atom. The highest BCUT2D eigenvalue weighted by molar-refractivity contribution is 6.38. The van der Waals surface area contributed by atoms with Crippen LogP contribution in [-0.4, -0.2) is 18.7 Å². The van der Waals surface area contributed by atoms with Gasteiger partial charge in [0.2, 0.25) is 0 Å². The molecule has 0 fully saturated rings. The minimum absolute atomic E-state index is 0.211. The normalized spacial score (nSPS) is 10.7. The quantitative estimate of drug-likeness (QED) is 0.645. The fourth-order valence-corrected chi connectivity index (χ4v) is 2.23. The van der Waals surface area contributed by atoms with Gasteiger partial charge in [-0.15, -0.1) is 0 Å². The Kier molecular flexibility index (Phi) is 6.07. The minimum Gasteiger partial charge on any atom is -0.482 e. The van der Waals surface area contributed by atoms with Crippen molar-refractivity contribution in [2.75, 3.05) is 6.61 Å². The molecule has 22 heavy (non-hydrogen) atoms. The lowest BCUT2D eigenvalue weighted by molar-refractivity contribution is -0.123. The van der Waals surface area contributed by atoms with E-state index in [4.69, 9.17) is 39.5 Å². The summed E-state index contributed by atoms with van der Waals surface area (Å²) in [5, 5.41) is 5.11. The molecular weight excluding hydrogens is 347 g/mol. The van der Waals surface area contributed by atoms with Gasteiger partial charge in [-0.25, -0.2) is 5.43 Å². The molecule has 0 heterocycles. The number of nitrogens with zero attached hydrogens (tertiary/aromatic N) is 1. The average molecular weight is 358 g/mol. The van der Waals surface area contributed by atoms with Crippen molar-refractivity contribution in [3.8, 4) is 5.75 Å². The molecule has 114 valence electrons. The molecule has 0 unspecified atom stereocenters. The maximum atomic E-state index is 11.6. The molecule has 1 N–H and O–H groups in total. The fourth-order valence-electron chi connectivity index (χ4n) is 1.54. The second kappa shape index (κ2) is 8.03. The molecular formula is C15H11Cl3N2O2. The number of benzene rings is 2. The van der Waals surface area contributed by atoms with Crippen LogP contribution in [0.15, 0.2) is 47.6 Å². The van der Waals surface area contributed by atoms with Gasteiger partial charge in [-0.2, -0.15) is 5.10 Å². The summed E-state index contributed by atoms with van der Waals surface area (Å²) in [5.41, 5.74) is 2.85. The lowest BCUT2D eigenvalue weighted by atomic mass is 10.2. The third kappa shape index (κ3) is 4.63. The van der Waals surface area contributed by atoms with E-state index in [1.54, 1.807) is 42.5 Å². The Morgan fingerprint density at radius 3 is 2.36 bits per heavy atom. The lowest BCUT2D eigenvalue weighted by Crippen LogP contribution is -2.24. The molecule has 1 amide bonds. The summed E-state index contributed by atoms with van der Waals surface area (Å²) in [6.07, 6.45) is 1.37. The van der Waals surface area contributed by atoms with Crippen molar-refractivity contribution in [2.45, 2.75) is 0 Å². The number of carbonyl (C=O) groups excluding carboxylic acids is 1. The smallest absolute Gasteiger partial charge is 0.277 e. The summed E-state index contributed by atoms with van der Waals surface area (Å²) in [4.78, 5) is 11.6. The zero-order valence-corrected chi connectivity index (χ0v) is 13.5. The fraction of sp³-hybridized carbons (Fsp3) is 0.0667. The lowest BCUT2D eigenvalue weighted by Gasteiger charge is -2.06. The highest BCUT2D eigenvalue weighted by Crippen LogP contribution is 2.23. The van der Waals surface area contributed by atoms with Gasteiger partial charge in [-0.1, -0.05) is 53.0 Å². The van der Waals surface area contributed by atoms with Crippen molar-refractivity contribution < 1.29 is 9.53 Å². The van der Waals surface area contributed by atoms with E-state index in [-0.39, 0.29) is 6.61 Å². The highest BCUT2D eigenvalue weighted by Gasteiger charge is 2.05. The van der Waals surface area contributed by atoms with Crippen LogP contribution in [0.5, 0.6) is 5.75 Å². The molecule has 0 aliphatic carbocycles. The Balaban J connectivity index is 1.88. The van der Waals surface area contributed by atoms with Crippen LogP contribution in [0.4, 0.5) is 0 Å². The molecule has 0 saturated carbocycles. The third-order valence-corrected chi connectivity index (χ3v) is 3.55. The third-order valence-electron chi connectivity index (χ3n) is 2.58. The summed E-state index contributed by atoms with van der Waals surface area (Å²) in [6.45, 7) is -0.211. The standard InChI is InChI=1S/C15H11Cl3N2O2/c16-11-5-3-6-12(17)10(11)8-19-20-15(21)9-22-14-7-2-1-4-13(14)18/h1-8H,9H2,(H,20,21)/b19-8+. The summed E-state index contributed by atoms with van der Waals surface area (Å²) < 4.78 is 5.28. The maximum Gasteiger partial charge on any atom is 0.277 e. The van der Waals surface area contributed by atoms with Crippen LogP contribution in [-0.2, 0) is 4.79 Å². The number of hydrazone groups is 1. The molecule has 0 radical (unpaired) electrons. The van der Waals surface area contributed by atoms with Crippen LogP contribution in [0.3, 0.4) is 0 Å². The molecule has 0 aromatic heterocycles. The molecule has 2 aromatic carbocycles. The Bertz CT molecular complexity index is 685. The number of hydrogen-bond donors (Lipinski definition) is 1. The minimum atomic E-state index is -0.431. The topological polar surface area (TPSA) is 50.7 Å². The number of halogens is 3. The van der Waals surface area contributed by atoms with Crippen LogP contribution in [0.2, 0.25) is 15.1 Å². The summed E-state index contributed by atoms with van der Waals surface area (Å²) in [6, 6.07) is 11.9. The first-order chi connectivity index (χ1) is 10.6. The number of amides is 1. The summed E-state index contributed by atoms with van der Waals surface area (Å²) >= 11 is 17.9. The number of para-hydroxylation sites is 1. The Morgan fingerprint density at radius 1 is 1.05 bits per heavy atom. The highest BCUT2D eigenvalue weighted by atomic mass is 35.5. The van der Waals surface area contributed by atoms with Gasteiger partial charge in [-0.05, 0) is 24.3 Å². The molecule has 0 spiro atoms. The molecule has 0 bridgehead atoms. The molecule has 2 aromatic rings. The maximum absolute atomic E-state index is 11.6. The van der Waals surface area contributed by atoms with E-state index >= 15 is 0 Å². The van der Waals surface area contributed by atoms with Gasteiger partial charge in [-0.3, -0.25) is 4.79 Å². The van der Waals surface area contributed by atoms with Crippen molar-refractivity contribution in [1.82, 2.24) is 5.43 Å². The number of nitrogens with one attached hydrogen (secondary N) is 1. The zero-order valence-electron chi connectivity index (χ0n) is 11.2. The van der Waals surface area contributed by atoms with Gasteiger partial charge in [0.25, 0.3) is 5.91 Å². The van der Waals surface area contributed by atoms with Crippen LogP contribution in [0, 0.1) is 0 Å². The second-order valence-electron chi connectivity index (χ2n) is 4.15. The van der Waals surface area contributed by atoms with E-state index in [0.29, 0.717) is 26.4 Å². The van der Waals surface area contributed by atoms with Gasteiger partial charge >= 0.3 is 0 Å². The largest absolute Gasteiger partial charge is 0.482 e. The van der Waals surface area contributed by atoms with Crippen molar-refractivity contribution in [2.24, 2.45) is 5.10 Å². The first kappa shape index (κ1) is 16.6. The second-order valence-corrected chi connectivity index (χ2v) is 5.37. The Hall–Kier alpha value is -1.75. The van der Waals surface area contributed by atoms with Crippen molar-refractivity contribution in [3.63, 3.8) is 0 Å². The summed E-state index contributed by atoms with van der Waals surface area (Å²) in [5.74, 6) is -0.00297. The van der Waals surface area contributed by atoms with Crippen molar-refractivity contribution in [3.05, 3.63) is 63.1 Å². The zero-order chi connectivity index (χ0) is 15.9. The first-order valence-electron chi connectivity index (χ1n) is 6.21. The molecule has 0 aliphatic heterocycles. The van der Waals surface area contributed by atoms with E-state index in [0.717, 1.165) is 0 Å². The predicted molar refractivity (Wildman–Crippen MR) is 89.1 cm³/mol. The van der Waals surface area contributed by atoms with E-state index < -0.39 is 5.91 Å². The van der Waals surface area contributed by atoms with Crippen LogP contribution >= 0.6 is 34.8 Å². The molecule has 0 aliphatic rings. The number of carbonyl (C=O) groups is 1. The van der Waals surface area contributed by atoms with Crippen molar-refractivity contribution in [1.29, 1.82) is 0 Å². The number of rotatable bonds is 5. The van der Waals surface area contributed by atoms with Gasteiger partial charge in [0.1, 0.15) is 5.75 Å². The SMILES string of the molecule is O=C(COc1ccccc1Cl)N/N=C/c1c(Cl)cccc1Cl. The summed E-state index contributed by atoms with van der Waals surface area (Å²) in [7, 11) is 0. The first-order valence-corrected chi connectivity index (χ1v) is 7.34. The van der Waals surface area contributed by atoms with Crippen LogP contribution in [0.25, 0.3) is 0 Å². The van der Waals surface area contributed by atoms with Gasteiger partial charge < -0.3 is 4.74 Å². The number of ether oxygens (including phenoxy) is 1. The average Bonchev–Trinajstić information content (AvgIpc) is 2.49. The molecule has 4 nitrogen and oxygen atoms in total. The van der Waals surface area contributed by atoms with Gasteiger partial charge in [0.15, 0.2) is 6.61 Å².